The first-order chi connectivity index (χ1) is 18.7. The lowest BCUT2D eigenvalue weighted by atomic mass is 10.0. The molecule has 224 valence electrons. The SMILES string of the molecule is CCCCCCCCCCCCCCCOC(=O)C=CC(=O)OCCCCCCCCCCCCCCC. The van der Waals surface area contributed by atoms with E-state index in [0.29, 0.717) is 13.2 Å². The van der Waals surface area contributed by atoms with Crippen LogP contribution in [0.5, 0.6) is 0 Å². The molecule has 0 unspecified atom stereocenters. The van der Waals surface area contributed by atoms with E-state index in [1.54, 1.807) is 0 Å². The lowest BCUT2D eigenvalue weighted by Gasteiger charge is -2.04. The van der Waals surface area contributed by atoms with Gasteiger partial charge in [0.05, 0.1) is 13.2 Å². The van der Waals surface area contributed by atoms with Gasteiger partial charge in [-0.2, -0.15) is 0 Å². The molecule has 0 aliphatic rings. The molecular weight excluding hydrogens is 472 g/mol. The molecule has 0 aromatic heterocycles. The summed E-state index contributed by atoms with van der Waals surface area (Å²) in [6.45, 7) is 5.38. The van der Waals surface area contributed by atoms with Crippen LogP contribution in [-0.4, -0.2) is 25.2 Å². The minimum absolute atomic E-state index is 0.426. The van der Waals surface area contributed by atoms with Crippen LogP contribution < -0.4 is 0 Å². The Morgan fingerprint density at radius 1 is 0.368 bits per heavy atom. The van der Waals surface area contributed by atoms with Crippen molar-refractivity contribution in [2.24, 2.45) is 0 Å². The van der Waals surface area contributed by atoms with Crippen molar-refractivity contribution < 1.29 is 19.1 Å². The Morgan fingerprint density at radius 2 is 0.579 bits per heavy atom. The Morgan fingerprint density at radius 3 is 0.816 bits per heavy atom. The van der Waals surface area contributed by atoms with Crippen molar-refractivity contribution in [3.05, 3.63) is 12.2 Å². The van der Waals surface area contributed by atoms with Gasteiger partial charge in [0, 0.05) is 12.2 Å². The molecule has 0 amide bonds. The molecule has 0 saturated carbocycles. The number of carbonyl (C=O) groups is 2. The van der Waals surface area contributed by atoms with Gasteiger partial charge in [-0.15, -0.1) is 0 Å². The van der Waals surface area contributed by atoms with Crippen molar-refractivity contribution >= 4 is 11.9 Å². The Hall–Kier alpha value is -1.32. The van der Waals surface area contributed by atoms with Crippen LogP contribution in [0.4, 0.5) is 0 Å². The fourth-order valence-electron chi connectivity index (χ4n) is 4.82. The fourth-order valence-corrected chi connectivity index (χ4v) is 4.82. The summed E-state index contributed by atoms with van der Waals surface area (Å²) in [5, 5.41) is 0. The van der Waals surface area contributed by atoms with Crippen LogP contribution in [0.3, 0.4) is 0 Å². The second-order valence-corrected chi connectivity index (χ2v) is 11.2. The van der Waals surface area contributed by atoms with Gasteiger partial charge in [0.15, 0.2) is 0 Å². The summed E-state index contributed by atoms with van der Waals surface area (Å²) in [4.78, 5) is 23.5. The molecule has 0 atom stereocenters. The number of esters is 2. The molecule has 0 N–H and O–H groups in total. The molecule has 0 saturated heterocycles. The standard InChI is InChI=1S/C34H64O4/c1-3-5-7-9-11-13-15-17-19-21-23-25-27-31-37-33(35)29-30-34(36)38-32-28-26-24-22-20-18-16-14-12-10-8-6-4-2/h29-30H,3-28,31-32H2,1-2H3. The fraction of sp³-hybridized carbons (Fsp3) is 0.882. The third-order valence-electron chi connectivity index (χ3n) is 7.34. The molecule has 0 aliphatic carbocycles. The van der Waals surface area contributed by atoms with Crippen molar-refractivity contribution in [2.45, 2.75) is 181 Å². The summed E-state index contributed by atoms with van der Waals surface area (Å²) in [5.41, 5.74) is 0. The van der Waals surface area contributed by atoms with E-state index in [0.717, 1.165) is 25.7 Å². The van der Waals surface area contributed by atoms with Crippen molar-refractivity contribution in [3.63, 3.8) is 0 Å². The van der Waals surface area contributed by atoms with Crippen LogP contribution in [0.25, 0.3) is 0 Å². The minimum Gasteiger partial charge on any atom is -0.463 e. The molecule has 0 rings (SSSR count). The summed E-state index contributed by atoms with van der Waals surface area (Å²) in [6.07, 6.45) is 36.0. The van der Waals surface area contributed by atoms with E-state index in [2.05, 4.69) is 13.8 Å². The topological polar surface area (TPSA) is 52.6 Å². The molecular formula is C34H64O4. The zero-order valence-corrected chi connectivity index (χ0v) is 25.6. The van der Waals surface area contributed by atoms with Gasteiger partial charge in [-0.1, -0.05) is 168 Å². The van der Waals surface area contributed by atoms with Gasteiger partial charge in [-0.05, 0) is 12.8 Å². The average molecular weight is 537 g/mol. The molecule has 0 fully saturated rings. The Balaban J connectivity index is 3.35. The Kier molecular flexibility index (Phi) is 30.8. The maximum atomic E-state index is 11.8. The Bertz CT molecular complexity index is 483. The highest BCUT2D eigenvalue weighted by Gasteiger charge is 2.02. The molecule has 0 radical (unpaired) electrons. The smallest absolute Gasteiger partial charge is 0.331 e. The highest BCUT2D eigenvalue weighted by molar-refractivity contribution is 5.91. The summed E-state index contributed by atoms with van der Waals surface area (Å²) in [6, 6.07) is 0. The first-order valence-corrected chi connectivity index (χ1v) is 16.7. The normalized spacial score (nSPS) is 11.3. The quantitative estimate of drug-likeness (QED) is 0.0520. The van der Waals surface area contributed by atoms with Gasteiger partial charge in [0.1, 0.15) is 0 Å². The molecule has 0 spiro atoms. The average Bonchev–Trinajstić information content (AvgIpc) is 2.92. The molecule has 4 nitrogen and oxygen atoms in total. The van der Waals surface area contributed by atoms with Crippen molar-refractivity contribution in [2.75, 3.05) is 13.2 Å². The highest BCUT2D eigenvalue weighted by atomic mass is 16.5. The van der Waals surface area contributed by atoms with Gasteiger partial charge < -0.3 is 9.47 Å². The van der Waals surface area contributed by atoms with Crippen molar-refractivity contribution in [3.8, 4) is 0 Å². The summed E-state index contributed by atoms with van der Waals surface area (Å²) < 4.78 is 10.4. The van der Waals surface area contributed by atoms with E-state index in [4.69, 9.17) is 9.47 Å². The van der Waals surface area contributed by atoms with Gasteiger partial charge in [0.2, 0.25) is 0 Å². The first-order valence-electron chi connectivity index (χ1n) is 16.7. The van der Waals surface area contributed by atoms with E-state index >= 15 is 0 Å². The second kappa shape index (κ2) is 31.9. The zero-order chi connectivity index (χ0) is 27.8. The molecule has 0 aromatic rings. The molecule has 38 heavy (non-hydrogen) atoms. The van der Waals surface area contributed by atoms with Gasteiger partial charge >= 0.3 is 11.9 Å². The Labute approximate surface area is 237 Å². The number of ether oxygens (including phenoxy) is 2. The monoisotopic (exact) mass is 536 g/mol. The molecule has 0 bridgehead atoms. The molecule has 4 heteroatoms. The van der Waals surface area contributed by atoms with E-state index in [-0.39, 0.29) is 0 Å². The lowest BCUT2D eigenvalue weighted by Crippen LogP contribution is -2.06. The minimum atomic E-state index is -0.457. The van der Waals surface area contributed by atoms with E-state index < -0.39 is 11.9 Å². The summed E-state index contributed by atoms with van der Waals surface area (Å²) in [5.74, 6) is -0.913. The number of carbonyl (C=O) groups excluding carboxylic acids is 2. The van der Waals surface area contributed by atoms with Crippen LogP contribution in [-0.2, 0) is 19.1 Å². The molecule has 0 heterocycles. The number of rotatable bonds is 30. The van der Waals surface area contributed by atoms with Gasteiger partial charge in [-0.25, -0.2) is 9.59 Å². The maximum Gasteiger partial charge on any atom is 0.331 e. The third-order valence-corrected chi connectivity index (χ3v) is 7.34. The largest absolute Gasteiger partial charge is 0.463 e. The zero-order valence-electron chi connectivity index (χ0n) is 25.6. The molecule has 0 aliphatic heterocycles. The van der Waals surface area contributed by atoms with Crippen LogP contribution in [0.15, 0.2) is 12.2 Å². The van der Waals surface area contributed by atoms with Crippen molar-refractivity contribution in [1.29, 1.82) is 0 Å². The van der Waals surface area contributed by atoms with Gasteiger partial charge in [-0.3, -0.25) is 0 Å². The third kappa shape index (κ3) is 30.9. The molecule has 0 aromatic carbocycles. The van der Waals surface area contributed by atoms with E-state index in [1.165, 1.54) is 153 Å². The summed E-state index contributed by atoms with van der Waals surface area (Å²) >= 11 is 0. The van der Waals surface area contributed by atoms with E-state index in [9.17, 15) is 9.59 Å². The number of unbranched alkanes of at least 4 members (excludes halogenated alkanes) is 24. The summed E-state index contributed by atoms with van der Waals surface area (Å²) in [7, 11) is 0. The first kappa shape index (κ1) is 36.7. The number of hydrogen-bond acceptors (Lipinski definition) is 4. The highest BCUT2D eigenvalue weighted by Crippen LogP contribution is 2.13. The van der Waals surface area contributed by atoms with Crippen LogP contribution >= 0.6 is 0 Å². The second-order valence-electron chi connectivity index (χ2n) is 11.2. The van der Waals surface area contributed by atoms with Crippen molar-refractivity contribution in [1.82, 2.24) is 0 Å². The van der Waals surface area contributed by atoms with E-state index in [1.807, 2.05) is 0 Å². The van der Waals surface area contributed by atoms with Crippen LogP contribution in [0.1, 0.15) is 181 Å². The van der Waals surface area contributed by atoms with Crippen LogP contribution in [0, 0.1) is 0 Å². The predicted molar refractivity (Wildman–Crippen MR) is 162 cm³/mol. The van der Waals surface area contributed by atoms with Gasteiger partial charge in [0.25, 0.3) is 0 Å². The van der Waals surface area contributed by atoms with Crippen LogP contribution in [0.2, 0.25) is 0 Å². The lowest BCUT2D eigenvalue weighted by molar-refractivity contribution is -0.140. The number of hydrogen-bond donors (Lipinski definition) is 0. The maximum absolute atomic E-state index is 11.8. The predicted octanol–water partition coefficient (Wildman–Crippen LogP) is 10.8.